The van der Waals surface area contributed by atoms with Crippen LogP contribution in [0.3, 0.4) is 0 Å². The molecular weight excluding hydrogens is 310 g/mol. The van der Waals surface area contributed by atoms with E-state index in [1.54, 1.807) is 0 Å². The largest absolute Gasteiger partial charge is 0.457 e. The molecule has 1 aromatic heterocycles. The molecular formula is C17H15N3O2S. The molecule has 6 heteroatoms. The SMILES string of the molecule is CSc1cc(-c2ccc(Oc3ccccc3)cc2)nn1C(N)=O. The lowest BCUT2D eigenvalue weighted by molar-refractivity contribution is 0.246. The molecule has 0 saturated heterocycles. The molecule has 2 N–H and O–H groups in total. The van der Waals surface area contributed by atoms with Crippen LogP contribution in [0.5, 0.6) is 11.5 Å². The van der Waals surface area contributed by atoms with Crippen LogP contribution < -0.4 is 10.5 Å². The number of primary amides is 1. The Kier molecular flexibility index (Phi) is 4.34. The van der Waals surface area contributed by atoms with Gasteiger partial charge in [0, 0.05) is 5.56 Å². The van der Waals surface area contributed by atoms with E-state index in [2.05, 4.69) is 5.10 Å². The highest BCUT2D eigenvalue weighted by Gasteiger charge is 2.12. The Labute approximate surface area is 138 Å². The van der Waals surface area contributed by atoms with Crippen molar-refractivity contribution in [2.24, 2.45) is 5.73 Å². The van der Waals surface area contributed by atoms with E-state index in [4.69, 9.17) is 10.5 Å². The number of rotatable bonds is 4. The van der Waals surface area contributed by atoms with Crippen LogP contribution in [0.4, 0.5) is 4.79 Å². The van der Waals surface area contributed by atoms with Crippen molar-refractivity contribution < 1.29 is 9.53 Å². The molecule has 1 heterocycles. The fourth-order valence-electron chi connectivity index (χ4n) is 2.13. The maximum atomic E-state index is 11.4. The number of thioether (sulfide) groups is 1. The third kappa shape index (κ3) is 3.37. The number of benzene rings is 2. The summed E-state index contributed by atoms with van der Waals surface area (Å²) in [6, 6.07) is 18.3. The zero-order valence-electron chi connectivity index (χ0n) is 12.5. The normalized spacial score (nSPS) is 10.5. The first-order valence-electron chi connectivity index (χ1n) is 6.94. The Morgan fingerprint density at radius 1 is 1.09 bits per heavy atom. The zero-order valence-corrected chi connectivity index (χ0v) is 13.3. The van der Waals surface area contributed by atoms with Gasteiger partial charge in [-0.1, -0.05) is 18.2 Å². The van der Waals surface area contributed by atoms with Crippen molar-refractivity contribution in [1.29, 1.82) is 0 Å². The maximum absolute atomic E-state index is 11.4. The molecule has 116 valence electrons. The van der Waals surface area contributed by atoms with E-state index in [1.807, 2.05) is 66.9 Å². The quantitative estimate of drug-likeness (QED) is 0.736. The predicted molar refractivity (Wildman–Crippen MR) is 90.9 cm³/mol. The monoisotopic (exact) mass is 325 g/mol. The van der Waals surface area contributed by atoms with Crippen LogP contribution in [0, 0.1) is 0 Å². The molecule has 0 saturated carbocycles. The van der Waals surface area contributed by atoms with E-state index in [0.29, 0.717) is 10.7 Å². The standard InChI is InChI=1S/C17H15N3O2S/c1-23-16-11-15(19-20(16)17(18)21)12-7-9-14(10-8-12)22-13-5-3-2-4-6-13/h2-11H,1H3,(H2,18,21). The molecule has 0 radical (unpaired) electrons. The van der Waals surface area contributed by atoms with Crippen molar-refractivity contribution in [2.45, 2.75) is 5.03 Å². The molecule has 0 bridgehead atoms. The summed E-state index contributed by atoms with van der Waals surface area (Å²) >= 11 is 1.42. The fraction of sp³-hybridized carbons (Fsp3) is 0.0588. The molecule has 3 rings (SSSR count). The van der Waals surface area contributed by atoms with Crippen molar-refractivity contribution in [3.05, 3.63) is 60.7 Å². The van der Waals surface area contributed by atoms with Crippen LogP contribution in [0.1, 0.15) is 0 Å². The highest BCUT2D eigenvalue weighted by molar-refractivity contribution is 7.98. The van der Waals surface area contributed by atoms with Gasteiger partial charge >= 0.3 is 6.03 Å². The van der Waals surface area contributed by atoms with Crippen molar-refractivity contribution in [2.75, 3.05) is 6.26 Å². The molecule has 23 heavy (non-hydrogen) atoms. The second-order valence-corrected chi connectivity index (χ2v) is 5.59. The van der Waals surface area contributed by atoms with Gasteiger partial charge in [-0.15, -0.1) is 11.8 Å². The first kappa shape index (κ1) is 15.2. The third-order valence-electron chi connectivity index (χ3n) is 3.22. The average molecular weight is 325 g/mol. The fourth-order valence-corrected chi connectivity index (χ4v) is 2.66. The van der Waals surface area contributed by atoms with Crippen LogP contribution in [0.15, 0.2) is 65.7 Å². The molecule has 1 amide bonds. The Balaban J connectivity index is 1.83. The van der Waals surface area contributed by atoms with Gasteiger partial charge in [-0.05, 0) is 48.7 Å². The number of amides is 1. The van der Waals surface area contributed by atoms with Gasteiger partial charge in [0.05, 0.1) is 5.69 Å². The first-order valence-corrected chi connectivity index (χ1v) is 8.17. The van der Waals surface area contributed by atoms with Crippen molar-refractivity contribution >= 4 is 17.8 Å². The number of aromatic nitrogens is 2. The molecule has 5 nitrogen and oxygen atoms in total. The summed E-state index contributed by atoms with van der Waals surface area (Å²) < 4.78 is 6.96. The van der Waals surface area contributed by atoms with E-state index in [0.717, 1.165) is 17.1 Å². The minimum absolute atomic E-state index is 0.593. The number of carbonyl (C=O) groups is 1. The van der Waals surface area contributed by atoms with Crippen molar-refractivity contribution in [1.82, 2.24) is 9.78 Å². The van der Waals surface area contributed by atoms with Crippen LogP contribution in [0.25, 0.3) is 11.3 Å². The van der Waals surface area contributed by atoms with Crippen LogP contribution in [0.2, 0.25) is 0 Å². The third-order valence-corrected chi connectivity index (χ3v) is 3.93. The topological polar surface area (TPSA) is 70.1 Å². The number of nitrogens with zero attached hydrogens (tertiary/aromatic N) is 2. The van der Waals surface area contributed by atoms with Gasteiger partial charge in [0.25, 0.3) is 0 Å². The minimum atomic E-state index is -0.593. The van der Waals surface area contributed by atoms with Crippen LogP contribution >= 0.6 is 11.8 Å². The summed E-state index contributed by atoms with van der Waals surface area (Å²) in [5.74, 6) is 1.52. The van der Waals surface area contributed by atoms with Crippen molar-refractivity contribution in [3.63, 3.8) is 0 Å². The molecule has 0 aliphatic rings. The lowest BCUT2D eigenvalue weighted by Gasteiger charge is -2.05. The van der Waals surface area contributed by atoms with Gasteiger partial charge in [0.1, 0.15) is 16.5 Å². The number of hydrogen-bond donors (Lipinski definition) is 1. The van der Waals surface area contributed by atoms with Crippen molar-refractivity contribution in [3.8, 4) is 22.8 Å². The van der Waals surface area contributed by atoms with E-state index < -0.39 is 6.03 Å². The highest BCUT2D eigenvalue weighted by Crippen LogP contribution is 2.27. The minimum Gasteiger partial charge on any atom is -0.457 e. The second kappa shape index (κ2) is 6.58. The van der Waals surface area contributed by atoms with E-state index in [1.165, 1.54) is 16.4 Å². The molecule has 0 aliphatic carbocycles. The van der Waals surface area contributed by atoms with E-state index in [9.17, 15) is 4.79 Å². The lowest BCUT2D eigenvalue weighted by Crippen LogP contribution is -2.21. The highest BCUT2D eigenvalue weighted by atomic mass is 32.2. The Hall–Kier alpha value is -2.73. The number of ether oxygens (including phenoxy) is 1. The maximum Gasteiger partial charge on any atom is 0.340 e. The van der Waals surface area contributed by atoms with Gasteiger partial charge in [-0.2, -0.15) is 9.78 Å². The first-order chi connectivity index (χ1) is 11.2. The Morgan fingerprint density at radius 2 is 1.74 bits per heavy atom. The summed E-state index contributed by atoms with van der Waals surface area (Å²) in [5.41, 5.74) is 6.90. The van der Waals surface area contributed by atoms with E-state index in [-0.39, 0.29) is 0 Å². The molecule has 0 aliphatic heterocycles. The Bertz CT molecular complexity index is 814. The summed E-state index contributed by atoms with van der Waals surface area (Å²) in [6.45, 7) is 0. The summed E-state index contributed by atoms with van der Waals surface area (Å²) in [7, 11) is 0. The van der Waals surface area contributed by atoms with E-state index >= 15 is 0 Å². The Morgan fingerprint density at radius 3 is 2.30 bits per heavy atom. The molecule has 2 aromatic carbocycles. The van der Waals surface area contributed by atoms with Gasteiger partial charge in [0.2, 0.25) is 0 Å². The summed E-state index contributed by atoms with van der Waals surface area (Å²) in [5, 5.41) is 4.95. The molecule has 0 unspecified atom stereocenters. The lowest BCUT2D eigenvalue weighted by atomic mass is 10.1. The second-order valence-electron chi connectivity index (χ2n) is 4.76. The molecule has 0 spiro atoms. The van der Waals surface area contributed by atoms with Gasteiger partial charge in [-0.25, -0.2) is 4.79 Å². The molecule has 0 atom stereocenters. The molecule has 3 aromatic rings. The number of nitrogens with two attached hydrogens (primary N) is 1. The summed E-state index contributed by atoms with van der Waals surface area (Å²) in [6.07, 6.45) is 1.87. The van der Waals surface area contributed by atoms with Crippen LogP contribution in [-0.4, -0.2) is 22.1 Å². The number of hydrogen-bond acceptors (Lipinski definition) is 4. The smallest absolute Gasteiger partial charge is 0.340 e. The average Bonchev–Trinajstić information content (AvgIpc) is 3.01. The van der Waals surface area contributed by atoms with Gasteiger partial charge in [0.15, 0.2) is 0 Å². The number of para-hydroxylation sites is 1. The van der Waals surface area contributed by atoms with Crippen LogP contribution in [-0.2, 0) is 0 Å². The van der Waals surface area contributed by atoms with Gasteiger partial charge < -0.3 is 10.5 Å². The van der Waals surface area contributed by atoms with Gasteiger partial charge in [-0.3, -0.25) is 0 Å². The zero-order chi connectivity index (χ0) is 16.2. The predicted octanol–water partition coefficient (Wildman–Crippen LogP) is 3.99. The summed E-state index contributed by atoms with van der Waals surface area (Å²) in [4.78, 5) is 11.4. The molecule has 0 fully saturated rings. The number of carbonyl (C=O) groups excluding carboxylic acids is 1.